The third kappa shape index (κ3) is 3.16. The van der Waals surface area contributed by atoms with Crippen LogP contribution in [0.25, 0.3) is 22.8 Å². The smallest absolute Gasteiger partial charge is 0.335 e. The molecule has 0 aliphatic carbocycles. The highest BCUT2D eigenvalue weighted by Crippen LogP contribution is 2.23. The lowest BCUT2D eigenvalue weighted by atomic mass is 10.1. The molecule has 23 heavy (non-hydrogen) atoms. The van der Waals surface area contributed by atoms with Gasteiger partial charge in [-0.1, -0.05) is 24.3 Å². The van der Waals surface area contributed by atoms with Crippen LogP contribution in [0.15, 0.2) is 54.9 Å². The Kier molecular flexibility index (Phi) is 3.97. The van der Waals surface area contributed by atoms with Crippen molar-refractivity contribution in [3.8, 4) is 28.5 Å². The van der Waals surface area contributed by atoms with Gasteiger partial charge < -0.3 is 9.84 Å². The van der Waals surface area contributed by atoms with Crippen molar-refractivity contribution in [3.63, 3.8) is 0 Å². The van der Waals surface area contributed by atoms with Crippen molar-refractivity contribution in [1.82, 2.24) is 15.0 Å². The van der Waals surface area contributed by atoms with Crippen molar-refractivity contribution >= 4 is 5.97 Å². The van der Waals surface area contributed by atoms with Gasteiger partial charge in [0.05, 0.1) is 12.7 Å². The van der Waals surface area contributed by atoms with E-state index in [9.17, 15) is 4.79 Å². The number of rotatable bonds is 4. The largest absolute Gasteiger partial charge is 0.497 e. The zero-order valence-corrected chi connectivity index (χ0v) is 12.3. The summed E-state index contributed by atoms with van der Waals surface area (Å²) in [5.41, 5.74) is 1.60. The van der Waals surface area contributed by atoms with E-state index in [-0.39, 0.29) is 5.56 Å². The van der Waals surface area contributed by atoms with Crippen molar-refractivity contribution in [2.24, 2.45) is 0 Å². The molecule has 6 nitrogen and oxygen atoms in total. The Balaban J connectivity index is 2.03. The molecule has 2 aromatic carbocycles. The van der Waals surface area contributed by atoms with E-state index in [0.717, 1.165) is 5.56 Å². The van der Waals surface area contributed by atoms with Gasteiger partial charge in [0.25, 0.3) is 0 Å². The van der Waals surface area contributed by atoms with E-state index in [1.165, 1.54) is 18.5 Å². The van der Waals surface area contributed by atoms with Gasteiger partial charge in [0.15, 0.2) is 11.6 Å². The van der Waals surface area contributed by atoms with Gasteiger partial charge in [-0.25, -0.2) is 19.7 Å². The third-order valence-corrected chi connectivity index (χ3v) is 3.27. The number of hydrogen-bond acceptors (Lipinski definition) is 5. The normalized spacial score (nSPS) is 10.3. The van der Waals surface area contributed by atoms with E-state index >= 15 is 0 Å². The highest BCUT2D eigenvalue weighted by Gasteiger charge is 2.09. The second-order valence-electron chi connectivity index (χ2n) is 4.75. The van der Waals surface area contributed by atoms with Crippen molar-refractivity contribution in [2.75, 3.05) is 7.11 Å². The molecule has 0 spiro atoms. The van der Waals surface area contributed by atoms with Crippen LogP contribution in [0.1, 0.15) is 10.4 Å². The first-order valence-corrected chi connectivity index (χ1v) is 6.84. The fourth-order valence-electron chi connectivity index (χ4n) is 2.13. The molecule has 114 valence electrons. The fraction of sp³-hybridized carbons (Fsp3) is 0.0588. The number of methoxy groups -OCH3 is 1. The standard InChI is InChI=1S/C17H13N3O3/c1-23-14-7-3-5-12(9-14)16-19-10-18-15(20-16)11-4-2-6-13(8-11)17(21)22/h2-10H,1H3,(H,21,22). The Hall–Kier alpha value is -3.28. The molecule has 0 saturated heterocycles. The molecule has 0 fully saturated rings. The summed E-state index contributed by atoms with van der Waals surface area (Å²) in [5.74, 6) is 0.627. The molecule has 1 N–H and O–H groups in total. The molecule has 0 aliphatic rings. The number of aromatic nitrogens is 3. The molecule has 0 aliphatic heterocycles. The van der Waals surface area contributed by atoms with Crippen LogP contribution in [0.2, 0.25) is 0 Å². The maximum absolute atomic E-state index is 11.1. The molecule has 0 bridgehead atoms. The second kappa shape index (κ2) is 6.23. The number of nitrogens with zero attached hydrogens (tertiary/aromatic N) is 3. The van der Waals surface area contributed by atoms with Crippen LogP contribution in [0.5, 0.6) is 5.75 Å². The number of benzene rings is 2. The Morgan fingerprint density at radius 1 is 1.00 bits per heavy atom. The van der Waals surface area contributed by atoms with Gasteiger partial charge in [-0.15, -0.1) is 0 Å². The van der Waals surface area contributed by atoms with E-state index in [4.69, 9.17) is 9.84 Å². The number of carboxylic acid groups (broad SMARTS) is 1. The number of aromatic carboxylic acids is 1. The molecule has 1 heterocycles. The molecule has 3 aromatic rings. The quantitative estimate of drug-likeness (QED) is 0.797. The summed E-state index contributed by atoms with van der Waals surface area (Å²) < 4.78 is 5.20. The summed E-state index contributed by atoms with van der Waals surface area (Å²) >= 11 is 0. The van der Waals surface area contributed by atoms with Crippen LogP contribution in [0, 0.1) is 0 Å². The molecule has 0 atom stereocenters. The Morgan fingerprint density at radius 3 is 2.30 bits per heavy atom. The molecule has 0 radical (unpaired) electrons. The number of ether oxygens (including phenoxy) is 1. The van der Waals surface area contributed by atoms with Gasteiger partial charge in [0.1, 0.15) is 12.1 Å². The third-order valence-electron chi connectivity index (χ3n) is 3.27. The van der Waals surface area contributed by atoms with Crippen LogP contribution in [0.3, 0.4) is 0 Å². The van der Waals surface area contributed by atoms with Crippen LogP contribution in [0.4, 0.5) is 0 Å². The van der Waals surface area contributed by atoms with Crippen molar-refractivity contribution in [1.29, 1.82) is 0 Å². The summed E-state index contributed by atoms with van der Waals surface area (Å²) in [6.45, 7) is 0. The monoisotopic (exact) mass is 307 g/mol. The minimum absolute atomic E-state index is 0.186. The summed E-state index contributed by atoms with van der Waals surface area (Å²) in [4.78, 5) is 23.8. The van der Waals surface area contributed by atoms with Gasteiger partial charge in [0.2, 0.25) is 0 Å². The van der Waals surface area contributed by atoms with Crippen LogP contribution >= 0.6 is 0 Å². The highest BCUT2D eigenvalue weighted by molar-refractivity contribution is 5.89. The van der Waals surface area contributed by atoms with E-state index in [2.05, 4.69) is 15.0 Å². The molecule has 1 aromatic heterocycles. The van der Waals surface area contributed by atoms with E-state index < -0.39 is 5.97 Å². The number of carboxylic acids is 1. The Labute approximate surface area is 132 Å². The fourth-order valence-corrected chi connectivity index (χ4v) is 2.13. The topological polar surface area (TPSA) is 85.2 Å². The maximum Gasteiger partial charge on any atom is 0.335 e. The predicted molar refractivity (Wildman–Crippen MR) is 84.2 cm³/mol. The van der Waals surface area contributed by atoms with Gasteiger partial charge in [-0.05, 0) is 24.3 Å². The molecule has 6 heteroatoms. The average Bonchev–Trinajstić information content (AvgIpc) is 2.62. The minimum atomic E-state index is -0.992. The summed E-state index contributed by atoms with van der Waals surface area (Å²) in [6, 6.07) is 13.9. The lowest BCUT2D eigenvalue weighted by Crippen LogP contribution is -1.99. The first-order valence-electron chi connectivity index (χ1n) is 6.84. The zero-order chi connectivity index (χ0) is 16.2. The van der Waals surface area contributed by atoms with Crippen LogP contribution < -0.4 is 4.74 Å². The minimum Gasteiger partial charge on any atom is -0.497 e. The molecular weight excluding hydrogens is 294 g/mol. The molecular formula is C17H13N3O3. The molecule has 0 saturated carbocycles. The SMILES string of the molecule is COc1cccc(-c2ncnc(-c3cccc(C(=O)O)c3)n2)c1. The van der Waals surface area contributed by atoms with Crippen molar-refractivity contribution in [2.45, 2.75) is 0 Å². The number of carbonyl (C=O) groups is 1. The second-order valence-corrected chi connectivity index (χ2v) is 4.75. The van der Waals surface area contributed by atoms with Crippen LogP contribution in [-0.2, 0) is 0 Å². The molecule has 0 unspecified atom stereocenters. The summed E-state index contributed by atoms with van der Waals surface area (Å²) in [6.07, 6.45) is 1.41. The lowest BCUT2D eigenvalue weighted by molar-refractivity contribution is 0.0697. The maximum atomic E-state index is 11.1. The first-order chi connectivity index (χ1) is 11.2. The van der Waals surface area contributed by atoms with E-state index in [1.807, 2.05) is 24.3 Å². The summed E-state index contributed by atoms with van der Waals surface area (Å²) in [5, 5.41) is 9.08. The van der Waals surface area contributed by atoms with Crippen LogP contribution in [-0.4, -0.2) is 33.1 Å². The Bertz CT molecular complexity index is 865. The molecule has 3 rings (SSSR count). The summed E-state index contributed by atoms with van der Waals surface area (Å²) in [7, 11) is 1.59. The van der Waals surface area contributed by atoms with Gasteiger partial charge >= 0.3 is 5.97 Å². The zero-order valence-electron chi connectivity index (χ0n) is 12.3. The van der Waals surface area contributed by atoms with Crippen molar-refractivity contribution in [3.05, 3.63) is 60.4 Å². The lowest BCUT2D eigenvalue weighted by Gasteiger charge is -2.05. The van der Waals surface area contributed by atoms with Gasteiger partial charge in [-0.3, -0.25) is 0 Å². The Morgan fingerprint density at radius 2 is 1.65 bits per heavy atom. The number of hydrogen-bond donors (Lipinski definition) is 1. The predicted octanol–water partition coefficient (Wildman–Crippen LogP) is 2.91. The highest BCUT2D eigenvalue weighted by atomic mass is 16.5. The average molecular weight is 307 g/mol. The van der Waals surface area contributed by atoms with E-state index in [1.54, 1.807) is 19.2 Å². The molecule has 0 amide bonds. The van der Waals surface area contributed by atoms with Gasteiger partial charge in [-0.2, -0.15) is 0 Å². The van der Waals surface area contributed by atoms with Crippen molar-refractivity contribution < 1.29 is 14.6 Å². The van der Waals surface area contributed by atoms with E-state index in [0.29, 0.717) is 23.0 Å². The first kappa shape index (κ1) is 14.6. The van der Waals surface area contributed by atoms with Gasteiger partial charge in [0, 0.05) is 11.1 Å².